The van der Waals surface area contributed by atoms with Crippen LogP contribution in [0.3, 0.4) is 0 Å². The van der Waals surface area contributed by atoms with Crippen LogP contribution in [-0.4, -0.2) is 40.9 Å². The average molecular weight is 376 g/mol. The van der Waals surface area contributed by atoms with Crippen molar-refractivity contribution in [2.45, 2.75) is 31.5 Å². The molecule has 1 aromatic carbocycles. The lowest BCUT2D eigenvalue weighted by molar-refractivity contribution is -0.0499. The molecule has 1 aromatic heterocycles. The number of alkyl halides is 2. The van der Waals surface area contributed by atoms with Crippen LogP contribution in [-0.2, 0) is 6.54 Å². The molecular weight excluding hydrogens is 354 g/mol. The summed E-state index contributed by atoms with van der Waals surface area (Å²) < 4.78 is 31.1. The van der Waals surface area contributed by atoms with E-state index in [4.69, 9.17) is 0 Å². The highest BCUT2D eigenvalue weighted by atomic mass is 19.3. The van der Waals surface area contributed by atoms with Crippen LogP contribution in [0.1, 0.15) is 29.6 Å². The Morgan fingerprint density at radius 2 is 2.00 bits per heavy atom. The summed E-state index contributed by atoms with van der Waals surface area (Å²) in [5.41, 5.74) is 1.81. The Morgan fingerprint density at radius 1 is 1.19 bits per heavy atom. The molecular formula is C20H22F2N2O3. The monoisotopic (exact) mass is 376 g/mol. The molecule has 0 radical (unpaired) electrons. The molecule has 1 fully saturated rings. The fourth-order valence-electron chi connectivity index (χ4n) is 4.58. The summed E-state index contributed by atoms with van der Waals surface area (Å²) in [6.07, 6.45) is 0.944. The fourth-order valence-corrected chi connectivity index (χ4v) is 4.58. The summed E-state index contributed by atoms with van der Waals surface area (Å²) in [7, 11) is 0. The fraction of sp³-hybridized carbons (Fsp3) is 0.450. The average Bonchev–Trinajstić information content (AvgIpc) is 2.62. The van der Waals surface area contributed by atoms with Crippen LogP contribution < -0.4 is 10.3 Å². The largest absolute Gasteiger partial charge is 0.435 e. The first-order valence-electron chi connectivity index (χ1n) is 9.13. The first-order valence-corrected chi connectivity index (χ1v) is 9.13. The SMILES string of the molecule is O=c1cccc2n1[C@@H](CO)[C@H]1C[C@@H]2CN(Cc2cccc(OC(F)F)c2)C1. The van der Waals surface area contributed by atoms with Crippen LogP contribution in [0, 0.1) is 5.92 Å². The second kappa shape index (κ2) is 7.40. The molecule has 4 rings (SSSR count). The highest BCUT2D eigenvalue weighted by molar-refractivity contribution is 5.29. The standard InChI is InChI=1S/C20H22F2N2O3/c21-20(22)27-16-4-1-3-13(7-16)9-23-10-14-8-15(11-23)18(12-25)24-17(14)5-2-6-19(24)26/h1-7,14-15,18,20,25H,8-12H2/t14-,15+,18+/m1/s1. The lowest BCUT2D eigenvalue weighted by atomic mass is 9.78. The third-order valence-corrected chi connectivity index (χ3v) is 5.59. The zero-order valence-corrected chi connectivity index (χ0v) is 14.8. The van der Waals surface area contributed by atoms with Crippen LogP contribution in [0.25, 0.3) is 0 Å². The van der Waals surface area contributed by atoms with Crippen molar-refractivity contribution in [1.29, 1.82) is 0 Å². The molecule has 2 aromatic rings. The summed E-state index contributed by atoms with van der Waals surface area (Å²) in [5, 5.41) is 9.90. The second-order valence-corrected chi connectivity index (χ2v) is 7.32. The van der Waals surface area contributed by atoms with Crippen molar-refractivity contribution in [2.75, 3.05) is 19.7 Å². The van der Waals surface area contributed by atoms with Crippen LogP contribution >= 0.6 is 0 Å². The lowest BCUT2D eigenvalue weighted by Crippen LogP contribution is -2.50. The van der Waals surface area contributed by atoms with E-state index in [0.29, 0.717) is 6.54 Å². The van der Waals surface area contributed by atoms with E-state index >= 15 is 0 Å². The smallest absolute Gasteiger partial charge is 0.387 e. The maximum atomic E-state index is 12.4. The van der Waals surface area contributed by atoms with Gasteiger partial charge in [0, 0.05) is 37.3 Å². The molecule has 144 valence electrons. The van der Waals surface area contributed by atoms with Crippen molar-refractivity contribution in [3.8, 4) is 5.75 Å². The van der Waals surface area contributed by atoms with Crippen LogP contribution in [0.2, 0.25) is 0 Å². The first-order chi connectivity index (χ1) is 13.0. The number of ether oxygens (including phenoxy) is 1. The molecule has 2 aliphatic rings. The Kier molecular flexibility index (Phi) is 4.97. The molecule has 3 heterocycles. The van der Waals surface area contributed by atoms with Gasteiger partial charge in [-0.3, -0.25) is 9.69 Å². The molecule has 3 atom stereocenters. The van der Waals surface area contributed by atoms with Gasteiger partial charge >= 0.3 is 6.61 Å². The lowest BCUT2D eigenvalue weighted by Gasteiger charge is -2.46. The van der Waals surface area contributed by atoms with E-state index in [1.54, 1.807) is 28.8 Å². The van der Waals surface area contributed by atoms with Gasteiger partial charge in [0.25, 0.3) is 5.56 Å². The van der Waals surface area contributed by atoms with Crippen molar-refractivity contribution < 1.29 is 18.6 Å². The number of halogens is 2. The maximum Gasteiger partial charge on any atom is 0.387 e. The first kappa shape index (κ1) is 18.1. The van der Waals surface area contributed by atoms with Crippen LogP contribution in [0.15, 0.2) is 47.3 Å². The number of aromatic nitrogens is 1. The number of aliphatic hydroxyl groups is 1. The third kappa shape index (κ3) is 3.61. The number of hydrogen-bond acceptors (Lipinski definition) is 4. The minimum Gasteiger partial charge on any atom is -0.435 e. The number of pyridine rings is 1. The maximum absolute atomic E-state index is 12.4. The van der Waals surface area contributed by atoms with Gasteiger partial charge in [-0.15, -0.1) is 0 Å². The molecule has 1 saturated heterocycles. The van der Waals surface area contributed by atoms with Gasteiger partial charge in [-0.1, -0.05) is 18.2 Å². The van der Waals surface area contributed by atoms with Crippen molar-refractivity contribution in [1.82, 2.24) is 9.47 Å². The van der Waals surface area contributed by atoms with Crippen molar-refractivity contribution in [2.24, 2.45) is 5.92 Å². The van der Waals surface area contributed by atoms with Gasteiger partial charge in [0.2, 0.25) is 0 Å². The summed E-state index contributed by atoms with van der Waals surface area (Å²) in [6.45, 7) is -0.752. The molecule has 2 aliphatic heterocycles. The minimum absolute atomic E-state index is 0.0634. The normalized spacial score (nSPS) is 24.7. The van der Waals surface area contributed by atoms with E-state index in [2.05, 4.69) is 9.64 Å². The van der Waals surface area contributed by atoms with E-state index < -0.39 is 6.61 Å². The number of piperidine rings is 1. The topological polar surface area (TPSA) is 54.7 Å². The number of likely N-dealkylation sites (tertiary alicyclic amines) is 1. The highest BCUT2D eigenvalue weighted by Gasteiger charge is 2.40. The minimum atomic E-state index is -2.84. The molecule has 0 saturated carbocycles. The number of aliphatic hydroxyl groups excluding tert-OH is 1. The summed E-state index contributed by atoms with van der Waals surface area (Å²) in [6, 6.07) is 11.8. The number of hydrogen-bond donors (Lipinski definition) is 1. The van der Waals surface area contributed by atoms with Gasteiger partial charge in [0.1, 0.15) is 5.75 Å². The molecule has 7 heteroatoms. The van der Waals surface area contributed by atoms with Gasteiger partial charge in [-0.25, -0.2) is 0 Å². The Balaban J connectivity index is 1.56. The molecule has 5 nitrogen and oxygen atoms in total. The quantitative estimate of drug-likeness (QED) is 0.872. The molecule has 2 bridgehead atoms. The van der Waals surface area contributed by atoms with Gasteiger partial charge in [-0.05, 0) is 36.1 Å². The van der Waals surface area contributed by atoms with E-state index in [1.165, 1.54) is 6.07 Å². The molecule has 0 aliphatic carbocycles. The highest BCUT2D eigenvalue weighted by Crippen LogP contribution is 2.41. The van der Waals surface area contributed by atoms with E-state index in [-0.39, 0.29) is 35.8 Å². The van der Waals surface area contributed by atoms with E-state index in [9.17, 15) is 18.7 Å². The second-order valence-electron chi connectivity index (χ2n) is 7.32. The summed E-state index contributed by atoms with van der Waals surface area (Å²) in [5.74, 6) is 0.563. The Labute approximate surface area is 155 Å². The molecule has 27 heavy (non-hydrogen) atoms. The Bertz CT molecular complexity index is 870. The molecule has 0 unspecified atom stereocenters. The van der Waals surface area contributed by atoms with Crippen LogP contribution in [0.5, 0.6) is 5.75 Å². The van der Waals surface area contributed by atoms with Gasteiger partial charge in [0.05, 0.1) is 12.6 Å². The van der Waals surface area contributed by atoms with E-state index in [1.807, 2.05) is 12.1 Å². The molecule has 0 spiro atoms. The number of rotatable bonds is 5. The predicted octanol–water partition coefficient (Wildman–Crippen LogP) is 2.60. The van der Waals surface area contributed by atoms with Gasteiger partial charge < -0.3 is 14.4 Å². The van der Waals surface area contributed by atoms with Gasteiger partial charge in [-0.2, -0.15) is 8.78 Å². The Morgan fingerprint density at radius 3 is 2.78 bits per heavy atom. The summed E-state index contributed by atoms with van der Waals surface area (Å²) >= 11 is 0. The number of fused-ring (bicyclic) bond motifs is 4. The van der Waals surface area contributed by atoms with Crippen molar-refractivity contribution in [3.63, 3.8) is 0 Å². The number of nitrogens with zero attached hydrogens (tertiary/aromatic N) is 2. The Hall–Kier alpha value is -2.25. The van der Waals surface area contributed by atoms with Crippen molar-refractivity contribution in [3.05, 3.63) is 64.1 Å². The van der Waals surface area contributed by atoms with Gasteiger partial charge in [0.15, 0.2) is 0 Å². The zero-order chi connectivity index (χ0) is 19.0. The molecule has 1 N–H and O–H groups in total. The third-order valence-electron chi connectivity index (χ3n) is 5.59. The van der Waals surface area contributed by atoms with Crippen LogP contribution in [0.4, 0.5) is 8.78 Å². The molecule has 0 amide bonds. The number of benzene rings is 1. The zero-order valence-electron chi connectivity index (χ0n) is 14.8. The van der Waals surface area contributed by atoms with E-state index in [0.717, 1.165) is 30.8 Å². The van der Waals surface area contributed by atoms with Crippen molar-refractivity contribution >= 4 is 0 Å². The summed E-state index contributed by atoms with van der Waals surface area (Å²) in [4.78, 5) is 14.6. The predicted molar refractivity (Wildman–Crippen MR) is 96.0 cm³/mol.